The molecular formula is C19H18Cl2N8O4S2. The summed E-state index contributed by atoms with van der Waals surface area (Å²) in [6, 6.07) is 0. The Morgan fingerprint density at radius 2 is 1.31 bits per heavy atom. The summed E-state index contributed by atoms with van der Waals surface area (Å²) < 4.78 is 0.782. The number of hydrogen-bond acceptors (Lipinski definition) is 12. The normalized spacial score (nSPS) is 16.6. The summed E-state index contributed by atoms with van der Waals surface area (Å²) >= 11 is 14.4. The molecule has 35 heavy (non-hydrogen) atoms. The van der Waals surface area contributed by atoms with Crippen LogP contribution in [0.5, 0.6) is 0 Å². The third-order valence-electron chi connectivity index (χ3n) is 5.08. The lowest BCUT2D eigenvalue weighted by Gasteiger charge is -2.17. The molecule has 0 unspecified atom stereocenters. The first-order valence-electron chi connectivity index (χ1n) is 10.3. The van der Waals surface area contributed by atoms with Gasteiger partial charge in [0.05, 0.1) is 36.0 Å². The quantitative estimate of drug-likeness (QED) is 0.318. The number of amidine groups is 2. The monoisotopic (exact) mass is 556 g/mol. The fourth-order valence-corrected chi connectivity index (χ4v) is 5.61. The molecule has 0 radical (unpaired) electrons. The molecular weight excluding hydrogens is 539 g/mol. The van der Waals surface area contributed by atoms with Crippen molar-refractivity contribution in [3.05, 3.63) is 74.9 Å². The highest BCUT2D eigenvalue weighted by molar-refractivity contribution is 7.16. The molecule has 0 aliphatic carbocycles. The summed E-state index contributed by atoms with van der Waals surface area (Å²) in [7, 11) is 0. The van der Waals surface area contributed by atoms with Gasteiger partial charge in [-0.05, 0) is 6.42 Å². The van der Waals surface area contributed by atoms with Gasteiger partial charge in [-0.1, -0.05) is 23.2 Å². The number of allylic oxidation sites excluding steroid dienone is 2. The predicted octanol–water partition coefficient (Wildman–Crippen LogP) is 3.75. The van der Waals surface area contributed by atoms with E-state index in [0.29, 0.717) is 48.2 Å². The summed E-state index contributed by atoms with van der Waals surface area (Å²) in [4.78, 5) is 44.4. The maximum absolute atomic E-state index is 11.8. The molecule has 0 saturated heterocycles. The maximum atomic E-state index is 11.8. The fourth-order valence-electron chi connectivity index (χ4n) is 3.63. The standard InChI is InChI=1S/C19H18Cl2N8O4S2/c20-18-24-8-12(34-18)10-26-6-4-22-16(26)14(28(30)31)2-1-3-15(29(32)33)17-23-5-7-27(17)11-13-9-25-19(21)35-13/h2-3,8-9H,1,4-7,10-11H2/b14-2+,15-3+. The SMILES string of the molecule is O=[N+]([O-])/C(=C/C/C=C(\C1=NCCN1Cc1cnc(Cl)s1)[N+](=O)[O-])C1=NCCN1Cc1cnc(Cl)s1. The average Bonchev–Trinajstić information content (AvgIpc) is 3.59. The molecule has 2 aliphatic heterocycles. The van der Waals surface area contributed by atoms with Crippen molar-refractivity contribution in [2.45, 2.75) is 19.5 Å². The van der Waals surface area contributed by atoms with Crippen LogP contribution in [-0.2, 0) is 13.1 Å². The van der Waals surface area contributed by atoms with Crippen molar-refractivity contribution in [3.8, 4) is 0 Å². The molecule has 0 aromatic carbocycles. The van der Waals surface area contributed by atoms with Gasteiger partial charge >= 0.3 is 11.4 Å². The molecule has 0 saturated carbocycles. The molecule has 12 nitrogen and oxygen atoms in total. The second kappa shape index (κ2) is 11.2. The molecule has 2 aromatic rings. The zero-order chi connectivity index (χ0) is 24.9. The van der Waals surface area contributed by atoms with Gasteiger partial charge in [-0.2, -0.15) is 0 Å². The number of hydrogen-bond donors (Lipinski definition) is 0. The first-order valence-corrected chi connectivity index (χ1v) is 12.7. The molecule has 0 bridgehead atoms. The minimum Gasteiger partial charge on any atom is -0.344 e. The van der Waals surface area contributed by atoms with E-state index in [9.17, 15) is 20.2 Å². The van der Waals surface area contributed by atoms with Crippen molar-refractivity contribution in [1.29, 1.82) is 0 Å². The van der Waals surface area contributed by atoms with E-state index in [0.717, 1.165) is 9.75 Å². The van der Waals surface area contributed by atoms with Gasteiger partial charge in [0.1, 0.15) is 0 Å². The molecule has 184 valence electrons. The third-order valence-corrected chi connectivity index (χ3v) is 7.28. The molecule has 0 atom stereocenters. The second-order valence-electron chi connectivity index (χ2n) is 7.34. The Bertz CT molecular complexity index is 1160. The fraction of sp³-hybridized carbons (Fsp3) is 0.368. The second-order valence-corrected chi connectivity index (χ2v) is 10.7. The van der Waals surface area contributed by atoms with Crippen molar-refractivity contribution in [2.24, 2.45) is 9.98 Å². The number of rotatable bonds is 10. The summed E-state index contributed by atoms with van der Waals surface area (Å²) in [6.45, 7) is 2.63. The number of thiazole rings is 2. The van der Waals surface area contributed by atoms with Crippen LogP contribution in [0.25, 0.3) is 0 Å². The molecule has 2 aromatic heterocycles. The summed E-state index contributed by atoms with van der Waals surface area (Å²) in [5, 5.41) is 23.6. The van der Waals surface area contributed by atoms with Crippen LogP contribution in [0.1, 0.15) is 16.2 Å². The Morgan fingerprint density at radius 3 is 1.66 bits per heavy atom. The largest absolute Gasteiger partial charge is 0.344 e. The van der Waals surface area contributed by atoms with Crippen LogP contribution in [-0.4, -0.2) is 67.5 Å². The molecule has 4 heterocycles. The Balaban J connectivity index is 1.50. The first-order chi connectivity index (χ1) is 16.8. The Morgan fingerprint density at radius 1 is 0.886 bits per heavy atom. The maximum Gasteiger partial charge on any atom is 0.307 e. The lowest BCUT2D eigenvalue weighted by atomic mass is 10.2. The Kier molecular flexibility index (Phi) is 8.05. The molecule has 0 fully saturated rings. The molecule has 0 spiro atoms. The topological polar surface area (TPSA) is 143 Å². The van der Waals surface area contributed by atoms with Crippen LogP contribution < -0.4 is 0 Å². The van der Waals surface area contributed by atoms with E-state index < -0.39 is 9.85 Å². The van der Waals surface area contributed by atoms with Crippen LogP contribution in [0.15, 0.2) is 45.9 Å². The predicted molar refractivity (Wildman–Crippen MR) is 134 cm³/mol. The summed E-state index contributed by atoms with van der Waals surface area (Å²) in [5.41, 5.74) is -0.414. The molecule has 16 heteroatoms. The number of nitrogens with zero attached hydrogens (tertiary/aromatic N) is 8. The van der Waals surface area contributed by atoms with Gasteiger partial charge in [0, 0.05) is 47.4 Å². The molecule has 0 amide bonds. The van der Waals surface area contributed by atoms with E-state index >= 15 is 0 Å². The zero-order valence-electron chi connectivity index (χ0n) is 18.0. The lowest BCUT2D eigenvalue weighted by molar-refractivity contribution is -0.417. The highest BCUT2D eigenvalue weighted by Crippen LogP contribution is 2.24. The van der Waals surface area contributed by atoms with Gasteiger partial charge in [0.15, 0.2) is 8.93 Å². The van der Waals surface area contributed by atoms with Gasteiger partial charge in [-0.3, -0.25) is 30.2 Å². The van der Waals surface area contributed by atoms with E-state index in [1.54, 1.807) is 22.2 Å². The minimum absolute atomic E-state index is 0.0366. The Hall–Kier alpha value is -2.94. The molecule has 2 aliphatic rings. The summed E-state index contributed by atoms with van der Waals surface area (Å²) in [6.07, 6.45) is 5.88. The molecule has 4 rings (SSSR count). The van der Waals surface area contributed by atoms with Crippen molar-refractivity contribution < 1.29 is 9.85 Å². The van der Waals surface area contributed by atoms with Gasteiger partial charge in [0.2, 0.25) is 11.7 Å². The van der Waals surface area contributed by atoms with Crippen LogP contribution in [0.2, 0.25) is 8.93 Å². The van der Waals surface area contributed by atoms with Crippen molar-refractivity contribution >= 4 is 57.5 Å². The third kappa shape index (κ3) is 6.20. The average molecular weight is 557 g/mol. The highest BCUT2D eigenvalue weighted by Gasteiger charge is 2.31. The van der Waals surface area contributed by atoms with Crippen molar-refractivity contribution in [1.82, 2.24) is 19.8 Å². The minimum atomic E-state index is -0.524. The number of aliphatic imine (C=N–C) groups is 2. The van der Waals surface area contributed by atoms with Crippen LogP contribution in [0.4, 0.5) is 0 Å². The Labute approximate surface area is 217 Å². The van der Waals surface area contributed by atoms with Gasteiger partial charge in [-0.15, -0.1) is 22.7 Å². The highest BCUT2D eigenvalue weighted by atomic mass is 35.5. The zero-order valence-corrected chi connectivity index (χ0v) is 21.2. The van der Waals surface area contributed by atoms with Crippen molar-refractivity contribution in [3.63, 3.8) is 0 Å². The van der Waals surface area contributed by atoms with E-state index in [1.165, 1.54) is 34.8 Å². The van der Waals surface area contributed by atoms with Gasteiger partial charge in [0.25, 0.3) is 0 Å². The number of nitro groups is 2. The van der Waals surface area contributed by atoms with E-state index in [1.807, 2.05) is 0 Å². The lowest BCUT2D eigenvalue weighted by Crippen LogP contribution is -2.31. The van der Waals surface area contributed by atoms with E-state index in [2.05, 4.69) is 20.0 Å². The van der Waals surface area contributed by atoms with Crippen LogP contribution in [0, 0.1) is 20.2 Å². The van der Waals surface area contributed by atoms with E-state index in [4.69, 9.17) is 23.2 Å². The van der Waals surface area contributed by atoms with Crippen LogP contribution in [0.3, 0.4) is 0 Å². The van der Waals surface area contributed by atoms with E-state index in [-0.39, 0.29) is 29.5 Å². The number of halogens is 2. The number of aromatic nitrogens is 2. The van der Waals surface area contributed by atoms with Crippen molar-refractivity contribution in [2.75, 3.05) is 26.2 Å². The molecule has 0 N–H and O–H groups in total. The summed E-state index contributed by atoms with van der Waals surface area (Å²) in [5.74, 6) is 0.468. The smallest absolute Gasteiger partial charge is 0.307 e. The van der Waals surface area contributed by atoms with Crippen LogP contribution >= 0.6 is 45.9 Å². The van der Waals surface area contributed by atoms with Gasteiger partial charge in [-0.25, -0.2) is 9.97 Å². The first kappa shape index (κ1) is 25.2. The van der Waals surface area contributed by atoms with Gasteiger partial charge < -0.3 is 9.80 Å².